The predicted octanol–water partition coefficient (Wildman–Crippen LogP) is 4.36. The molecule has 1 aromatic carbocycles. The van der Waals surface area contributed by atoms with Crippen LogP contribution < -0.4 is 16.4 Å². The van der Waals surface area contributed by atoms with Gasteiger partial charge >= 0.3 is 0 Å². The molecule has 0 aliphatic carbocycles. The molecule has 0 radical (unpaired) electrons. The van der Waals surface area contributed by atoms with Gasteiger partial charge in [0.15, 0.2) is 11.6 Å². The number of nitrogens with one attached hydrogen (secondary N) is 2. The van der Waals surface area contributed by atoms with Crippen molar-refractivity contribution in [3.63, 3.8) is 0 Å². The standard InChI is InChI=1S/C15H12BrClN6/c16-9-4-5-12(19-7-9)23-15-13(18)14(20-8-21-15)22-11-3-1-2-10(17)6-11/h1-8H,18H2,(H2,19,20,21,22,23). The number of hydrogen-bond donors (Lipinski definition) is 3. The summed E-state index contributed by atoms with van der Waals surface area (Å²) in [4.78, 5) is 12.5. The first-order valence-corrected chi connectivity index (χ1v) is 7.80. The van der Waals surface area contributed by atoms with E-state index < -0.39 is 0 Å². The van der Waals surface area contributed by atoms with Gasteiger partial charge in [-0.05, 0) is 46.3 Å². The molecule has 0 saturated heterocycles. The second-order valence-electron chi connectivity index (χ2n) is 4.61. The second-order valence-corrected chi connectivity index (χ2v) is 5.96. The van der Waals surface area contributed by atoms with Crippen LogP contribution in [-0.2, 0) is 0 Å². The van der Waals surface area contributed by atoms with Gasteiger partial charge in [-0.3, -0.25) is 0 Å². The number of nitrogens with zero attached hydrogens (tertiary/aromatic N) is 3. The smallest absolute Gasteiger partial charge is 0.160 e. The van der Waals surface area contributed by atoms with Crippen molar-refractivity contribution < 1.29 is 0 Å². The van der Waals surface area contributed by atoms with Gasteiger partial charge in [0.25, 0.3) is 0 Å². The second kappa shape index (κ2) is 6.80. The fraction of sp³-hybridized carbons (Fsp3) is 0. The molecule has 4 N–H and O–H groups in total. The van der Waals surface area contributed by atoms with Crippen LogP contribution in [0.1, 0.15) is 0 Å². The van der Waals surface area contributed by atoms with E-state index in [1.807, 2.05) is 24.3 Å². The molecular weight excluding hydrogens is 380 g/mol. The number of rotatable bonds is 4. The minimum Gasteiger partial charge on any atom is -0.393 e. The zero-order valence-electron chi connectivity index (χ0n) is 11.8. The maximum absolute atomic E-state index is 6.13. The van der Waals surface area contributed by atoms with Gasteiger partial charge in [-0.1, -0.05) is 17.7 Å². The summed E-state index contributed by atoms with van der Waals surface area (Å²) < 4.78 is 0.891. The van der Waals surface area contributed by atoms with E-state index in [2.05, 4.69) is 41.5 Å². The molecule has 3 rings (SSSR count). The fourth-order valence-corrected chi connectivity index (χ4v) is 2.29. The molecule has 0 spiro atoms. The lowest BCUT2D eigenvalue weighted by Crippen LogP contribution is -2.05. The average Bonchev–Trinajstić information content (AvgIpc) is 2.53. The number of benzene rings is 1. The van der Waals surface area contributed by atoms with E-state index in [1.54, 1.807) is 18.3 Å². The molecule has 8 heteroatoms. The number of hydrogen-bond acceptors (Lipinski definition) is 6. The van der Waals surface area contributed by atoms with E-state index in [1.165, 1.54) is 6.33 Å². The zero-order valence-corrected chi connectivity index (χ0v) is 14.1. The van der Waals surface area contributed by atoms with Crippen molar-refractivity contribution in [1.82, 2.24) is 15.0 Å². The molecule has 0 bridgehead atoms. The monoisotopic (exact) mass is 390 g/mol. The Morgan fingerprint density at radius 1 is 1.00 bits per heavy atom. The minimum atomic E-state index is 0.386. The van der Waals surface area contributed by atoms with Crippen LogP contribution in [0.4, 0.5) is 28.8 Å². The van der Waals surface area contributed by atoms with Crippen molar-refractivity contribution in [2.75, 3.05) is 16.4 Å². The molecule has 116 valence electrons. The summed E-state index contributed by atoms with van der Waals surface area (Å²) in [6.07, 6.45) is 3.11. The number of nitrogen functional groups attached to an aromatic ring is 1. The Kier molecular flexibility index (Phi) is 4.59. The van der Waals surface area contributed by atoms with E-state index in [4.69, 9.17) is 17.3 Å². The molecule has 2 heterocycles. The Balaban J connectivity index is 1.84. The molecule has 2 aromatic heterocycles. The van der Waals surface area contributed by atoms with Crippen LogP contribution in [0.25, 0.3) is 0 Å². The topological polar surface area (TPSA) is 88.8 Å². The summed E-state index contributed by atoms with van der Waals surface area (Å²) in [6, 6.07) is 11.0. The maximum atomic E-state index is 6.13. The van der Waals surface area contributed by atoms with Gasteiger partial charge in [-0.15, -0.1) is 0 Å². The highest BCUT2D eigenvalue weighted by molar-refractivity contribution is 9.10. The molecule has 0 unspecified atom stereocenters. The van der Waals surface area contributed by atoms with Crippen molar-refractivity contribution in [3.8, 4) is 0 Å². The number of nitrogens with two attached hydrogens (primary N) is 1. The quantitative estimate of drug-likeness (QED) is 0.612. The Hall–Kier alpha value is -2.38. The third kappa shape index (κ3) is 3.88. The van der Waals surface area contributed by atoms with Crippen LogP contribution in [0.3, 0.4) is 0 Å². The van der Waals surface area contributed by atoms with Crippen LogP contribution in [0.5, 0.6) is 0 Å². The molecule has 0 aliphatic heterocycles. The molecule has 0 amide bonds. The van der Waals surface area contributed by atoms with Gasteiger partial charge in [0, 0.05) is 21.4 Å². The van der Waals surface area contributed by atoms with Crippen LogP contribution in [0.2, 0.25) is 5.02 Å². The highest BCUT2D eigenvalue weighted by Crippen LogP contribution is 2.28. The number of anilines is 5. The summed E-state index contributed by atoms with van der Waals surface area (Å²) in [6.45, 7) is 0. The Labute approximate surface area is 146 Å². The van der Waals surface area contributed by atoms with Crippen LogP contribution >= 0.6 is 27.5 Å². The van der Waals surface area contributed by atoms with Crippen molar-refractivity contribution in [2.24, 2.45) is 0 Å². The Bertz CT molecular complexity index is 824. The molecule has 3 aromatic rings. The highest BCUT2D eigenvalue weighted by atomic mass is 79.9. The van der Waals surface area contributed by atoms with E-state index in [-0.39, 0.29) is 0 Å². The minimum absolute atomic E-state index is 0.386. The third-order valence-corrected chi connectivity index (χ3v) is 3.65. The van der Waals surface area contributed by atoms with E-state index in [0.717, 1.165) is 10.2 Å². The van der Waals surface area contributed by atoms with Crippen LogP contribution in [0.15, 0.2) is 53.4 Å². The lowest BCUT2D eigenvalue weighted by Gasteiger charge is -2.12. The molecule has 0 atom stereocenters. The molecule has 0 fully saturated rings. The summed E-state index contributed by atoms with van der Waals surface area (Å²) in [7, 11) is 0. The number of pyridine rings is 1. The predicted molar refractivity (Wildman–Crippen MR) is 96.4 cm³/mol. The van der Waals surface area contributed by atoms with Crippen molar-refractivity contribution in [1.29, 1.82) is 0 Å². The largest absolute Gasteiger partial charge is 0.393 e. The van der Waals surface area contributed by atoms with Crippen LogP contribution in [0, 0.1) is 0 Å². The maximum Gasteiger partial charge on any atom is 0.160 e. The molecule has 23 heavy (non-hydrogen) atoms. The fourth-order valence-electron chi connectivity index (χ4n) is 1.87. The van der Waals surface area contributed by atoms with E-state index in [0.29, 0.717) is 28.2 Å². The first-order chi connectivity index (χ1) is 11.1. The summed E-state index contributed by atoms with van der Waals surface area (Å²) in [5.74, 6) is 1.59. The first-order valence-electron chi connectivity index (χ1n) is 6.63. The normalized spacial score (nSPS) is 10.3. The van der Waals surface area contributed by atoms with Crippen LogP contribution in [-0.4, -0.2) is 15.0 Å². The van der Waals surface area contributed by atoms with Crippen molar-refractivity contribution in [2.45, 2.75) is 0 Å². The van der Waals surface area contributed by atoms with E-state index >= 15 is 0 Å². The van der Waals surface area contributed by atoms with Crippen molar-refractivity contribution in [3.05, 3.63) is 58.4 Å². The van der Waals surface area contributed by atoms with Gasteiger partial charge < -0.3 is 16.4 Å². The van der Waals surface area contributed by atoms with Crippen molar-refractivity contribution >= 4 is 56.4 Å². The molecular formula is C15H12BrClN6. The summed E-state index contributed by atoms with van der Waals surface area (Å²) in [5.41, 5.74) is 7.30. The van der Waals surface area contributed by atoms with Gasteiger partial charge in [-0.2, -0.15) is 0 Å². The lowest BCUT2D eigenvalue weighted by molar-refractivity contribution is 1.16. The summed E-state index contributed by atoms with van der Waals surface area (Å²) in [5, 5.41) is 6.81. The van der Waals surface area contributed by atoms with Gasteiger partial charge in [0.05, 0.1) is 0 Å². The zero-order chi connectivity index (χ0) is 16.2. The van der Waals surface area contributed by atoms with E-state index in [9.17, 15) is 0 Å². The Morgan fingerprint density at radius 2 is 1.78 bits per heavy atom. The molecule has 6 nitrogen and oxygen atoms in total. The average molecular weight is 392 g/mol. The lowest BCUT2D eigenvalue weighted by atomic mass is 10.3. The van der Waals surface area contributed by atoms with Gasteiger partial charge in [0.2, 0.25) is 0 Å². The molecule has 0 saturated carbocycles. The third-order valence-electron chi connectivity index (χ3n) is 2.95. The highest BCUT2D eigenvalue weighted by Gasteiger charge is 2.09. The summed E-state index contributed by atoms with van der Waals surface area (Å²) >= 11 is 9.31. The molecule has 0 aliphatic rings. The number of aromatic nitrogens is 3. The number of halogens is 2. The Morgan fingerprint density at radius 3 is 2.48 bits per heavy atom. The SMILES string of the molecule is Nc1c(Nc2cccc(Cl)c2)ncnc1Nc1ccc(Br)cn1. The van der Waals surface area contributed by atoms with Gasteiger partial charge in [0.1, 0.15) is 17.8 Å². The first kappa shape index (κ1) is 15.5. The van der Waals surface area contributed by atoms with Gasteiger partial charge in [-0.25, -0.2) is 15.0 Å².